The van der Waals surface area contributed by atoms with Crippen LogP contribution >= 0.6 is 11.6 Å². The Bertz CT molecular complexity index is 397. The number of aliphatic hydroxyl groups is 1. The number of halogens is 1. The monoisotopic (exact) mass is 270 g/mol. The normalized spacial score (nSPS) is 10.2. The summed E-state index contributed by atoms with van der Waals surface area (Å²) in [6.07, 6.45) is 2.55. The van der Waals surface area contributed by atoms with Crippen LogP contribution in [0.15, 0.2) is 18.2 Å². The van der Waals surface area contributed by atoms with Crippen LogP contribution in [0.2, 0.25) is 5.02 Å². The number of amides is 2. The Morgan fingerprint density at radius 2 is 2.11 bits per heavy atom. The van der Waals surface area contributed by atoms with E-state index in [9.17, 15) is 4.79 Å². The van der Waals surface area contributed by atoms with Crippen LogP contribution in [0.1, 0.15) is 24.8 Å². The third kappa shape index (κ3) is 5.38. The molecule has 5 heteroatoms. The van der Waals surface area contributed by atoms with Crippen LogP contribution in [0.5, 0.6) is 0 Å². The molecule has 0 fully saturated rings. The maximum atomic E-state index is 11.5. The molecule has 0 aromatic heterocycles. The Morgan fingerprint density at radius 3 is 2.78 bits per heavy atom. The molecule has 0 aliphatic heterocycles. The van der Waals surface area contributed by atoms with E-state index in [1.165, 1.54) is 0 Å². The minimum absolute atomic E-state index is 0.202. The molecule has 0 bridgehead atoms. The highest BCUT2D eigenvalue weighted by Gasteiger charge is 2.02. The van der Waals surface area contributed by atoms with Crippen molar-refractivity contribution < 1.29 is 9.90 Å². The van der Waals surface area contributed by atoms with Gasteiger partial charge in [-0.15, -0.1) is 0 Å². The molecular weight excluding hydrogens is 252 g/mol. The summed E-state index contributed by atoms with van der Waals surface area (Å²) in [5, 5.41) is 14.7. The van der Waals surface area contributed by atoms with Gasteiger partial charge >= 0.3 is 6.03 Å². The molecule has 2 amide bonds. The highest BCUT2D eigenvalue weighted by Crippen LogP contribution is 2.19. The van der Waals surface area contributed by atoms with Gasteiger partial charge < -0.3 is 15.7 Å². The summed E-state index contributed by atoms with van der Waals surface area (Å²) < 4.78 is 0. The summed E-state index contributed by atoms with van der Waals surface area (Å²) in [5.41, 5.74) is 1.66. The number of urea groups is 1. The molecular formula is C13H19ClN2O2. The number of aliphatic hydroxyl groups excluding tert-OH is 1. The SMILES string of the molecule is Cc1ccc(NC(=O)NCCCCCO)cc1Cl. The van der Waals surface area contributed by atoms with E-state index in [2.05, 4.69) is 10.6 Å². The van der Waals surface area contributed by atoms with Gasteiger partial charge in [0.25, 0.3) is 0 Å². The largest absolute Gasteiger partial charge is 0.396 e. The van der Waals surface area contributed by atoms with Crippen molar-refractivity contribution in [2.45, 2.75) is 26.2 Å². The van der Waals surface area contributed by atoms with Crippen LogP contribution in [-0.2, 0) is 0 Å². The quantitative estimate of drug-likeness (QED) is 0.696. The predicted molar refractivity (Wildman–Crippen MR) is 74.1 cm³/mol. The van der Waals surface area contributed by atoms with Crippen LogP contribution in [0.4, 0.5) is 10.5 Å². The lowest BCUT2D eigenvalue weighted by Gasteiger charge is -2.08. The fourth-order valence-corrected chi connectivity index (χ4v) is 1.64. The van der Waals surface area contributed by atoms with Gasteiger partial charge in [0.1, 0.15) is 0 Å². The molecule has 0 unspecified atom stereocenters. The first-order chi connectivity index (χ1) is 8.63. The van der Waals surface area contributed by atoms with Crippen LogP contribution in [0.3, 0.4) is 0 Å². The molecule has 100 valence electrons. The second kappa shape index (κ2) is 7.95. The molecule has 1 aromatic carbocycles. The number of carbonyl (C=O) groups is 1. The Hall–Kier alpha value is -1.26. The van der Waals surface area contributed by atoms with Crippen LogP contribution in [0, 0.1) is 6.92 Å². The van der Waals surface area contributed by atoms with Crippen LogP contribution in [0.25, 0.3) is 0 Å². The smallest absolute Gasteiger partial charge is 0.319 e. The Balaban J connectivity index is 2.29. The zero-order valence-electron chi connectivity index (χ0n) is 10.5. The van der Waals surface area contributed by atoms with Gasteiger partial charge in [0.05, 0.1) is 0 Å². The molecule has 1 rings (SSSR count). The van der Waals surface area contributed by atoms with Crippen molar-refractivity contribution in [3.8, 4) is 0 Å². The second-order valence-corrected chi connectivity index (χ2v) is 4.54. The first-order valence-corrected chi connectivity index (χ1v) is 6.43. The first kappa shape index (κ1) is 14.8. The third-order valence-electron chi connectivity index (χ3n) is 2.55. The first-order valence-electron chi connectivity index (χ1n) is 6.05. The fraction of sp³-hybridized carbons (Fsp3) is 0.462. The van der Waals surface area contributed by atoms with E-state index in [4.69, 9.17) is 16.7 Å². The summed E-state index contributed by atoms with van der Waals surface area (Å²) in [6.45, 7) is 2.72. The molecule has 18 heavy (non-hydrogen) atoms. The summed E-state index contributed by atoms with van der Waals surface area (Å²) >= 11 is 5.96. The summed E-state index contributed by atoms with van der Waals surface area (Å²) in [7, 11) is 0. The van der Waals surface area contributed by atoms with E-state index in [-0.39, 0.29) is 12.6 Å². The van der Waals surface area contributed by atoms with Crippen molar-refractivity contribution in [2.75, 3.05) is 18.5 Å². The molecule has 0 aliphatic rings. The summed E-state index contributed by atoms with van der Waals surface area (Å²) in [5.74, 6) is 0. The van der Waals surface area contributed by atoms with E-state index in [0.29, 0.717) is 17.3 Å². The van der Waals surface area contributed by atoms with Gasteiger partial charge in [-0.05, 0) is 43.9 Å². The summed E-state index contributed by atoms with van der Waals surface area (Å²) in [6, 6.07) is 5.16. The second-order valence-electron chi connectivity index (χ2n) is 4.13. The molecule has 3 N–H and O–H groups in total. The van der Waals surface area contributed by atoms with E-state index < -0.39 is 0 Å². The van der Waals surface area contributed by atoms with E-state index >= 15 is 0 Å². The number of rotatable bonds is 6. The van der Waals surface area contributed by atoms with Gasteiger partial charge in [-0.1, -0.05) is 17.7 Å². The third-order valence-corrected chi connectivity index (χ3v) is 2.96. The highest BCUT2D eigenvalue weighted by molar-refractivity contribution is 6.31. The van der Waals surface area contributed by atoms with Crippen LogP contribution < -0.4 is 10.6 Å². The topological polar surface area (TPSA) is 61.4 Å². The van der Waals surface area contributed by atoms with Crippen LogP contribution in [-0.4, -0.2) is 24.3 Å². The molecule has 0 radical (unpaired) electrons. The number of anilines is 1. The lowest BCUT2D eigenvalue weighted by atomic mass is 10.2. The molecule has 1 aromatic rings. The molecule has 0 heterocycles. The molecule has 0 spiro atoms. The van der Waals surface area contributed by atoms with Crippen molar-refractivity contribution >= 4 is 23.3 Å². The molecule has 0 saturated heterocycles. The zero-order chi connectivity index (χ0) is 13.4. The maximum absolute atomic E-state index is 11.5. The Kier molecular flexibility index (Phi) is 6.54. The molecule has 0 aliphatic carbocycles. The molecule has 0 atom stereocenters. The van der Waals surface area contributed by atoms with Gasteiger partial charge in [0.2, 0.25) is 0 Å². The number of benzene rings is 1. The predicted octanol–water partition coefficient (Wildman–Crippen LogP) is 2.93. The van der Waals surface area contributed by atoms with E-state index in [1.807, 2.05) is 19.1 Å². The number of hydrogen-bond acceptors (Lipinski definition) is 2. The fourth-order valence-electron chi connectivity index (χ4n) is 1.46. The summed E-state index contributed by atoms with van der Waals surface area (Å²) in [4.78, 5) is 11.5. The lowest BCUT2D eigenvalue weighted by Crippen LogP contribution is -2.29. The molecule has 4 nitrogen and oxygen atoms in total. The van der Waals surface area contributed by atoms with Crippen molar-refractivity contribution in [1.82, 2.24) is 5.32 Å². The van der Waals surface area contributed by atoms with E-state index in [1.54, 1.807) is 6.07 Å². The highest BCUT2D eigenvalue weighted by atomic mass is 35.5. The number of unbranched alkanes of at least 4 members (excludes halogenated alkanes) is 2. The van der Waals surface area contributed by atoms with Gasteiger partial charge in [-0.2, -0.15) is 0 Å². The van der Waals surface area contributed by atoms with Gasteiger partial charge in [-0.25, -0.2) is 4.79 Å². The van der Waals surface area contributed by atoms with Gasteiger partial charge in [0, 0.05) is 23.9 Å². The van der Waals surface area contributed by atoms with Crippen molar-refractivity contribution in [3.63, 3.8) is 0 Å². The molecule has 0 saturated carbocycles. The number of nitrogens with one attached hydrogen (secondary N) is 2. The minimum atomic E-state index is -0.237. The number of aryl methyl sites for hydroxylation is 1. The Morgan fingerprint density at radius 1 is 1.33 bits per heavy atom. The van der Waals surface area contributed by atoms with Crippen molar-refractivity contribution in [3.05, 3.63) is 28.8 Å². The Labute approximate surface area is 112 Å². The average Bonchev–Trinajstić information content (AvgIpc) is 2.34. The average molecular weight is 271 g/mol. The number of carbonyl (C=O) groups excluding carboxylic acids is 1. The van der Waals surface area contributed by atoms with E-state index in [0.717, 1.165) is 24.8 Å². The standard InChI is InChI=1S/C13H19ClN2O2/c1-10-5-6-11(9-12(10)14)16-13(18)15-7-3-2-4-8-17/h5-6,9,17H,2-4,7-8H2,1H3,(H2,15,16,18). The minimum Gasteiger partial charge on any atom is -0.396 e. The zero-order valence-corrected chi connectivity index (χ0v) is 11.3. The number of hydrogen-bond donors (Lipinski definition) is 3. The van der Waals surface area contributed by atoms with Crippen molar-refractivity contribution in [2.24, 2.45) is 0 Å². The maximum Gasteiger partial charge on any atom is 0.319 e. The van der Waals surface area contributed by atoms with Gasteiger partial charge in [-0.3, -0.25) is 0 Å². The lowest BCUT2D eigenvalue weighted by molar-refractivity contribution is 0.251. The van der Waals surface area contributed by atoms with Gasteiger partial charge in [0.15, 0.2) is 0 Å². The van der Waals surface area contributed by atoms with Crippen molar-refractivity contribution in [1.29, 1.82) is 0 Å².